The van der Waals surface area contributed by atoms with Crippen LogP contribution in [0, 0.1) is 17.6 Å². The number of nitrogens with zero attached hydrogens (tertiary/aromatic N) is 1. The maximum Gasteiger partial charge on any atom is 0.349 e. The summed E-state index contributed by atoms with van der Waals surface area (Å²) >= 11 is 2.67. The Morgan fingerprint density at radius 3 is 2.37 bits per heavy atom. The smallest absolute Gasteiger partial charge is 0.349 e. The number of piperidine rings is 3. The van der Waals surface area contributed by atoms with E-state index in [4.69, 9.17) is 9.47 Å². The van der Waals surface area contributed by atoms with E-state index in [1.54, 1.807) is 12.1 Å². The maximum atomic E-state index is 13.8. The molecule has 2 aromatic heterocycles. The molecule has 1 aromatic carbocycles. The molecule has 0 amide bonds. The van der Waals surface area contributed by atoms with Gasteiger partial charge in [-0.25, -0.2) is 13.6 Å². The highest BCUT2D eigenvalue weighted by Crippen LogP contribution is 2.40. The third kappa shape index (κ3) is 4.87. The average Bonchev–Trinajstić information content (AvgIpc) is 3.58. The number of ether oxygens (including phenoxy) is 2. The van der Waals surface area contributed by atoms with Gasteiger partial charge in [-0.1, -0.05) is 12.1 Å². The molecule has 3 aliphatic rings. The molecule has 3 saturated heterocycles. The van der Waals surface area contributed by atoms with Gasteiger partial charge in [-0.2, -0.15) is 0 Å². The lowest BCUT2D eigenvalue weighted by atomic mass is 9.83. The number of rotatable bonds is 9. The highest BCUT2D eigenvalue weighted by molar-refractivity contribution is 7.12. The lowest BCUT2D eigenvalue weighted by molar-refractivity contribution is -0.946. The van der Waals surface area contributed by atoms with Crippen LogP contribution in [0.25, 0.3) is 0 Å². The summed E-state index contributed by atoms with van der Waals surface area (Å²) < 4.78 is 39.3. The maximum absolute atomic E-state index is 13.8. The molecule has 1 atom stereocenters. The Balaban J connectivity index is 1.22. The molecule has 0 saturated carbocycles. The molecule has 1 unspecified atom stereocenters. The summed E-state index contributed by atoms with van der Waals surface area (Å²) in [5.74, 6) is -1.60. The highest BCUT2D eigenvalue weighted by atomic mass is 32.1. The highest BCUT2D eigenvalue weighted by Gasteiger charge is 2.51. The first-order valence-corrected chi connectivity index (χ1v) is 13.6. The van der Waals surface area contributed by atoms with Gasteiger partial charge in [0, 0.05) is 31.2 Å². The van der Waals surface area contributed by atoms with Gasteiger partial charge in [0.25, 0.3) is 0 Å². The minimum Gasteiger partial charge on any atom is -0.490 e. The molecule has 2 bridgehead atoms. The summed E-state index contributed by atoms with van der Waals surface area (Å²) in [6, 6.07) is 10.5. The number of benzene rings is 1. The number of halogens is 2. The largest absolute Gasteiger partial charge is 0.490 e. The third-order valence-corrected chi connectivity index (χ3v) is 9.24. The molecule has 5 heterocycles. The van der Waals surface area contributed by atoms with Crippen molar-refractivity contribution >= 4 is 28.6 Å². The van der Waals surface area contributed by atoms with Gasteiger partial charge in [-0.05, 0) is 35.0 Å². The predicted octanol–water partition coefficient (Wildman–Crippen LogP) is 4.95. The number of quaternary nitrogens is 1. The minimum absolute atomic E-state index is 0.0528. The number of hydrogen-bond acceptors (Lipinski definition) is 6. The van der Waals surface area contributed by atoms with Gasteiger partial charge in [0.15, 0.2) is 17.7 Å². The fourth-order valence-electron chi connectivity index (χ4n) is 5.36. The van der Waals surface area contributed by atoms with Crippen LogP contribution in [0.5, 0.6) is 5.75 Å². The molecular weight excluding hydrogens is 492 g/mol. The zero-order valence-electron chi connectivity index (χ0n) is 19.2. The number of carbonyl (C=O) groups is 1. The quantitative estimate of drug-likeness (QED) is 0.247. The molecule has 5 nitrogen and oxygen atoms in total. The van der Waals surface area contributed by atoms with E-state index >= 15 is 0 Å². The van der Waals surface area contributed by atoms with Crippen LogP contribution in [0.3, 0.4) is 0 Å². The SMILES string of the molecule is O=C(OC1C[N+]2(CCCOc3ccc(F)cc3F)CCC1CC2)C(O)(c1cccs1)c1cccs1. The molecule has 3 fully saturated rings. The van der Waals surface area contributed by atoms with Crippen molar-refractivity contribution in [1.82, 2.24) is 0 Å². The number of aliphatic hydroxyl groups is 1. The summed E-state index contributed by atoms with van der Waals surface area (Å²) in [5, 5.41) is 15.2. The third-order valence-electron chi connectivity index (χ3n) is 7.28. The minimum atomic E-state index is -1.80. The summed E-state index contributed by atoms with van der Waals surface area (Å²) in [7, 11) is 0. The van der Waals surface area contributed by atoms with E-state index in [0.29, 0.717) is 35.2 Å². The average molecular weight is 521 g/mol. The van der Waals surface area contributed by atoms with Crippen LogP contribution in [0.1, 0.15) is 29.0 Å². The first-order chi connectivity index (χ1) is 16.9. The second-order valence-electron chi connectivity index (χ2n) is 9.42. The Morgan fingerprint density at radius 1 is 1.09 bits per heavy atom. The second kappa shape index (κ2) is 9.97. The van der Waals surface area contributed by atoms with Crippen LogP contribution in [0.4, 0.5) is 8.78 Å². The lowest BCUT2D eigenvalue weighted by Gasteiger charge is -2.52. The number of esters is 1. The first-order valence-electron chi connectivity index (χ1n) is 11.8. The molecule has 35 heavy (non-hydrogen) atoms. The molecule has 3 aromatic rings. The molecule has 3 aliphatic heterocycles. The van der Waals surface area contributed by atoms with Crippen molar-refractivity contribution in [3.05, 3.63) is 74.6 Å². The fraction of sp³-hybridized carbons (Fsp3) is 0.423. The predicted molar refractivity (Wildman–Crippen MR) is 130 cm³/mol. The molecule has 0 aliphatic carbocycles. The van der Waals surface area contributed by atoms with Crippen LogP contribution in [0.2, 0.25) is 0 Å². The number of hydrogen-bond donors (Lipinski definition) is 1. The zero-order valence-corrected chi connectivity index (χ0v) is 20.8. The number of carbonyl (C=O) groups excluding carboxylic acids is 1. The second-order valence-corrected chi connectivity index (χ2v) is 11.3. The molecule has 186 valence electrons. The van der Waals surface area contributed by atoms with Crippen molar-refractivity contribution < 1.29 is 32.6 Å². The normalized spacial score (nSPS) is 23.9. The van der Waals surface area contributed by atoms with Crippen molar-refractivity contribution in [2.24, 2.45) is 5.92 Å². The van der Waals surface area contributed by atoms with Crippen LogP contribution in [-0.2, 0) is 15.1 Å². The monoisotopic (exact) mass is 520 g/mol. The van der Waals surface area contributed by atoms with E-state index in [9.17, 15) is 18.7 Å². The van der Waals surface area contributed by atoms with Crippen molar-refractivity contribution in [1.29, 1.82) is 0 Å². The van der Waals surface area contributed by atoms with Gasteiger partial charge in [0.1, 0.15) is 12.4 Å². The van der Waals surface area contributed by atoms with E-state index < -0.39 is 23.2 Å². The molecule has 6 rings (SSSR count). The molecule has 9 heteroatoms. The Hall–Kier alpha value is -2.33. The van der Waals surface area contributed by atoms with Crippen molar-refractivity contribution in [2.45, 2.75) is 31.0 Å². The van der Waals surface area contributed by atoms with Gasteiger partial charge >= 0.3 is 5.97 Å². The van der Waals surface area contributed by atoms with Gasteiger partial charge < -0.3 is 19.1 Å². The van der Waals surface area contributed by atoms with Gasteiger partial charge in [-0.15, -0.1) is 22.7 Å². The summed E-state index contributed by atoms with van der Waals surface area (Å²) in [4.78, 5) is 14.5. The van der Waals surface area contributed by atoms with Crippen molar-refractivity contribution in [3.8, 4) is 5.75 Å². The topological polar surface area (TPSA) is 55.8 Å². The Morgan fingerprint density at radius 2 is 1.77 bits per heavy atom. The van der Waals surface area contributed by atoms with E-state index in [-0.39, 0.29) is 11.9 Å². The summed E-state index contributed by atoms with van der Waals surface area (Å²) in [5.41, 5.74) is -1.80. The van der Waals surface area contributed by atoms with Gasteiger partial charge in [0.05, 0.1) is 36.0 Å². The van der Waals surface area contributed by atoms with E-state index in [0.717, 1.165) is 43.0 Å². The van der Waals surface area contributed by atoms with Crippen LogP contribution < -0.4 is 4.74 Å². The Bertz CT molecular complexity index is 1110. The van der Waals surface area contributed by atoms with Gasteiger partial charge in [-0.3, -0.25) is 0 Å². The van der Waals surface area contributed by atoms with Crippen LogP contribution in [-0.4, -0.2) is 54.4 Å². The molecule has 0 spiro atoms. The fourth-order valence-corrected chi connectivity index (χ4v) is 7.07. The van der Waals surface area contributed by atoms with Crippen molar-refractivity contribution in [3.63, 3.8) is 0 Å². The standard InChI is InChI=1S/C26H28F2NO4S2/c27-19-6-7-21(20(28)16-19)32-13-3-10-29-11-8-18(9-12-29)22(17-29)33-25(30)26(31,23-4-1-14-34-23)24-5-2-15-35-24/h1-2,4-7,14-16,18,22,31H,3,8-13,17H2/q+1. The van der Waals surface area contributed by atoms with Crippen LogP contribution >= 0.6 is 22.7 Å². The van der Waals surface area contributed by atoms with E-state index in [1.807, 2.05) is 22.9 Å². The van der Waals surface area contributed by atoms with E-state index in [1.165, 1.54) is 34.8 Å². The Kier molecular flexibility index (Phi) is 6.94. The summed E-state index contributed by atoms with van der Waals surface area (Å²) in [6.45, 7) is 3.86. The molecule has 0 radical (unpaired) electrons. The summed E-state index contributed by atoms with van der Waals surface area (Å²) in [6.07, 6.45) is 2.37. The molecule has 1 N–H and O–H groups in total. The van der Waals surface area contributed by atoms with E-state index in [2.05, 4.69) is 0 Å². The number of thiophene rings is 2. The lowest BCUT2D eigenvalue weighted by Crippen LogP contribution is -2.65. The Labute approximate surface area is 211 Å². The molecular formula is C26H28F2NO4S2+. The van der Waals surface area contributed by atoms with Crippen molar-refractivity contribution in [2.75, 3.05) is 32.8 Å². The number of fused-ring (bicyclic) bond motifs is 3. The first kappa shape index (κ1) is 24.4. The zero-order chi connectivity index (χ0) is 24.5. The van der Waals surface area contributed by atoms with Gasteiger partial charge in [0.2, 0.25) is 5.60 Å². The van der Waals surface area contributed by atoms with Crippen LogP contribution in [0.15, 0.2) is 53.2 Å².